The Morgan fingerprint density at radius 1 is 1.56 bits per heavy atom. The summed E-state index contributed by atoms with van der Waals surface area (Å²) in [6.45, 7) is 1.30. The van der Waals surface area contributed by atoms with Crippen LogP contribution in [0, 0.1) is 5.82 Å². The summed E-state index contributed by atoms with van der Waals surface area (Å²) < 4.78 is 18.0. The van der Waals surface area contributed by atoms with Crippen LogP contribution in [-0.2, 0) is 10.4 Å². The van der Waals surface area contributed by atoms with E-state index in [9.17, 15) is 14.3 Å². The van der Waals surface area contributed by atoms with Gasteiger partial charge in [-0.25, -0.2) is 4.39 Å². The fourth-order valence-electron chi connectivity index (χ4n) is 1.49. The molecule has 0 fully saturated rings. The molecule has 0 bridgehead atoms. The number of aliphatic hydroxyl groups is 1. The zero-order valence-electron chi connectivity index (χ0n) is 9.03. The Labute approximate surface area is 92.3 Å². The van der Waals surface area contributed by atoms with E-state index in [0.29, 0.717) is 0 Å². The zero-order valence-corrected chi connectivity index (χ0v) is 9.03. The Morgan fingerprint density at radius 2 is 2.19 bits per heavy atom. The quantitative estimate of drug-likeness (QED) is 0.819. The number of carboxylic acid groups (broad SMARTS) is 1. The van der Waals surface area contributed by atoms with Crippen molar-refractivity contribution in [2.24, 2.45) is 0 Å². The first-order chi connectivity index (χ1) is 7.36. The van der Waals surface area contributed by atoms with Gasteiger partial charge in [0, 0.05) is 5.56 Å². The number of ether oxygens (including phenoxy) is 1. The van der Waals surface area contributed by atoms with E-state index in [1.165, 1.54) is 26.2 Å². The van der Waals surface area contributed by atoms with E-state index >= 15 is 0 Å². The van der Waals surface area contributed by atoms with E-state index in [1.807, 2.05) is 0 Å². The van der Waals surface area contributed by atoms with Crippen LogP contribution < -0.4 is 4.74 Å². The van der Waals surface area contributed by atoms with Crippen molar-refractivity contribution in [1.29, 1.82) is 0 Å². The van der Waals surface area contributed by atoms with Crippen LogP contribution in [0.25, 0.3) is 0 Å². The standard InChI is InChI=1S/C11H13FO4/c1-11(15,6-10(13)14)8-5-7(12)3-4-9(8)16-2/h3-5,15H,6H2,1-2H3,(H,13,14). The lowest BCUT2D eigenvalue weighted by Crippen LogP contribution is -2.25. The summed E-state index contributed by atoms with van der Waals surface area (Å²) in [6, 6.07) is 3.60. The Morgan fingerprint density at radius 3 is 2.69 bits per heavy atom. The molecule has 1 aromatic rings. The molecule has 4 nitrogen and oxygen atoms in total. The largest absolute Gasteiger partial charge is 0.496 e. The lowest BCUT2D eigenvalue weighted by molar-refractivity contribution is -0.142. The van der Waals surface area contributed by atoms with E-state index in [-0.39, 0.29) is 11.3 Å². The number of carboxylic acids is 1. The highest BCUT2D eigenvalue weighted by Gasteiger charge is 2.30. The first-order valence-corrected chi connectivity index (χ1v) is 4.65. The Balaban J connectivity index is 3.18. The van der Waals surface area contributed by atoms with Crippen LogP contribution in [0.15, 0.2) is 18.2 Å². The fraction of sp³-hybridized carbons (Fsp3) is 0.364. The van der Waals surface area contributed by atoms with Crippen LogP contribution in [0.1, 0.15) is 18.9 Å². The van der Waals surface area contributed by atoms with Gasteiger partial charge in [0.1, 0.15) is 17.2 Å². The number of halogens is 1. The van der Waals surface area contributed by atoms with Gasteiger partial charge in [0.2, 0.25) is 0 Å². The van der Waals surface area contributed by atoms with Gasteiger partial charge in [0.05, 0.1) is 13.5 Å². The van der Waals surface area contributed by atoms with Crippen LogP contribution in [0.3, 0.4) is 0 Å². The first-order valence-electron chi connectivity index (χ1n) is 4.65. The van der Waals surface area contributed by atoms with Crippen molar-refractivity contribution in [3.05, 3.63) is 29.6 Å². The molecule has 0 amide bonds. The van der Waals surface area contributed by atoms with E-state index in [0.717, 1.165) is 6.07 Å². The molecular weight excluding hydrogens is 215 g/mol. The van der Waals surface area contributed by atoms with Crippen molar-refractivity contribution in [2.75, 3.05) is 7.11 Å². The monoisotopic (exact) mass is 228 g/mol. The lowest BCUT2D eigenvalue weighted by Gasteiger charge is -2.23. The van der Waals surface area contributed by atoms with Gasteiger partial charge in [-0.05, 0) is 25.1 Å². The summed E-state index contributed by atoms with van der Waals surface area (Å²) in [5.41, 5.74) is -1.54. The second-order valence-corrected chi connectivity index (χ2v) is 3.69. The van der Waals surface area contributed by atoms with E-state index in [4.69, 9.17) is 9.84 Å². The number of benzene rings is 1. The van der Waals surface area contributed by atoms with E-state index in [1.54, 1.807) is 0 Å². The Kier molecular flexibility index (Phi) is 3.49. The number of hydrogen-bond donors (Lipinski definition) is 2. The third-order valence-electron chi connectivity index (χ3n) is 2.24. The minimum absolute atomic E-state index is 0.123. The molecule has 0 saturated heterocycles. The third-order valence-corrected chi connectivity index (χ3v) is 2.24. The van der Waals surface area contributed by atoms with E-state index < -0.39 is 23.8 Å². The van der Waals surface area contributed by atoms with Crippen molar-refractivity contribution in [1.82, 2.24) is 0 Å². The molecule has 1 rings (SSSR count). The maximum atomic E-state index is 13.0. The van der Waals surface area contributed by atoms with Crippen LogP contribution in [0.4, 0.5) is 4.39 Å². The average Bonchev–Trinajstić information content (AvgIpc) is 2.15. The third kappa shape index (κ3) is 2.70. The van der Waals surface area contributed by atoms with Gasteiger partial charge < -0.3 is 14.9 Å². The van der Waals surface area contributed by atoms with Crippen molar-refractivity contribution in [3.8, 4) is 5.75 Å². The minimum Gasteiger partial charge on any atom is -0.496 e. The molecule has 0 aliphatic heterocycles. The molecule has 0 radical (unpaired) electrons. The molecule has 88 valence electrons. The summed E-state index contributed by atoms with van der Waals surface area (Å²) >= 11 is 0. The van der Waals surface area contributed by atoms with Crippen LogP contribution >= 0.6 is 0 Å². The first kappa shape index (κ1) is 12.4. The molecule has 0 aromatic heterocycles. The smallest absolute Gasteiger partial charge is 0.306 e. The second kappa shape index (κ2) is 4.49. The molecule has 16 heavy (non-hydrogen) atoms. The van der Waals surface area contributed by atoms with Crippen LogP contribution in [0.2, 0.25) is 0 Å². The van der Waals surface area contributed by atoms with Gasteiger partial charge in [-0.15, -0.1) is 0 Å². The number of hydrogen-bond acceptors (Lipinski definition) is 3. The highest BCUT2D eigenvalue weighted by atomic mass is 19.1. The number of carbonyl (C=O) groups is 1. The maximum absolute atomic E-state index is 13.0. The molecule has 1 unspecified atom stereocenters. The molecule has 0 aliphatic carbocycles. The summed E-state index contributed by atoms with van der Waals surface area (Å²) in [4.78, 5) is 10.6. The average molecular weight is 228 g/mol. The summed E-state index contributed by atoms with van der Waals surface area (Å²) in [5.74, 6) is -1.47. The van der Waals surface area contributed by atoms with Gasteiger partial charge >= 0.3 is 5.97 Å². The minimum atomic E-state index is -1.67. The van der Waals surface area contributed by atoms with Crippen molar-refractivity contribution < 1.29 is 24.1 Å². The Bertz CT molecular complexity index is 401. The van der Waals surface area contributed by atoms with Gasteiger partial charge in [-0.3, -0.25) is 4.79 Å². The Hall–Kier alpha value is -1.62. The summed E-state index contributed by atoms with van der Waals surface area (Å²) in [5, 5.41) is 18.6. The van der Waals surface area contributed by atoms with E-state index in [2.05, 4.69) is 0 Å². The fourth-order valence-corrected chi connectivity index (χ4v) is 1.49. The number of rotatable bonds is 4. The SMILES string of the molecule is COc1ccc(F)cc1C(C)(O)CC(=O)O. The molecule has 0 aliphatic rings. The van der Waals surface area contributed by atoms with Gasteiger partial charge in [-0.1, -0.05) is 0 Å². The zero-order chi connectivity index (χ0) is 12.3. The summed E-state index contributed by atoms with van der Waals surface area (Å²) in [7, 11) is 1.37. The molecule has 1 atom stereocenters. The predicted octanol–water partition coefficient (Wildman–Crippen LogP) is 1.52. The second-order valence-electron chi connectivity index (χ2n) is 3.69. The molecule has 1 aromatic carbocycles. The molecule has 0 spiro atoms. The van der Waals surface area contributed by atoms with Crippen LogP contribution in [0.5, 0.6) is 5.75 Å². The van der Waals surface area contributed by atoms with Crippen molar-refractivity contribution >= 4 is 5.97 Å². The summed E-state index contributed by atoms with van der Waals surface area (Å²) in [6.07, 6.45) is -0.521. The van der Waals surface area contributed by atoms with Gasteiger partial charge in [-0.2, -0.15) is 0 Å². The highest BCUT2D eigenvalue weighted by Crippen LogP contribution is 2.32. The highest BCUT2D eigenvalue weighted by molar-refractivity contribution is 5.68. The number of methoxy groups -OCH3 is 1. The molecular formula is C11H13FO4. The number of aliphatic carboxylic acids is 1. The van der Waals surface area contributed by atoms with Gasteiger partial charge in [0.25, 0.3) is 0 Å². The normalized spacial score (nSPS) is 14.2. The topological polar surface area (TPSA) is 66.8 Å². The van der Waals surface area contributed by atoms with Crippen molar-refractivity contribution in [2.45, 2.75) is 18.9 Å². The van der Waals surface area contributed by atoms with Crippen molar-refractivity contribution in [3.63, 3.8) is 0 Å². The van der Waals surface area contributed by atoms with Gasteiger partial charge in [0.15, 0.2) is 0 Å². The lowest BCUT2D eigenvalue weighted by atomic mass is 9.91. The molecule has 0 heterocycles. The molecule has 5 heteroatoms. The maximum Gasteiger partial charge on any atom is 0.306 e. The van der Waals surface area contributed by atoms with Crippen LogP contribution in [-0.4, -0.2) is 23.3 Å². The molecule has 2 N–H and O–H groups in total. The predicted molar refractivity (Wildman–Crippen MR) is 54.8 cm³/mol. The molecule has 0 saturated carbocycles.